The van der Waals surface area contributed by atoms with E-state index in [1.54, 1.807) is 6.08 Å². The number of allylic oxidation sites excluding steroid dienone is 1. The Hall–Kier alpha value is -1.40. The number of aliphatic hydroxyl groups excluding tert-OH is 2. The molecule has 0 aliphatic heterocycles. The predicted molar refractivity (Wildman–Crippen MR) is 343 cm³/mol. The highest BCUT2D eigenvalue weighted by Crippen LogP contribution is 2.19. The molecule has 0 fully saturated rings. The number of rotatable bonds is 68. The van der Waals surface area contributed by atoms with Gasteiger partial charge < -0.3 is 20.3 Å². The molecular formula is C72H141NO5. The zero-order valence-corrected chi connectivity index (χ0v) is 53.2. The van der Waals surface area contributed by atoms with Crippen molar-refractivity contribution in [2.24, 2.45) is 0 Å². The fourth-order valence-electron chi connectivity index (χ4n) is 11.6. The van der Waals surface area contributed by atoms with E-state index in [0.29, 0.717) is 19.4 Å². The summed E-state index contributed by atoms with van der Waals surface area (Å²) in [5, 5.41) is 23.3. The van der Waals surface area contributed by atoms with E-state index in [1.807, 2.05) is 6.08 Å². The molecule has 1 amide bonds. The highest BCUT2D eigenvalue weighted by atomic mass is 16.5. The molecule has 0 aliphatic carbocycles. The first-order valence-electron chi connectivity index (χ1n) is 36.0. The van der Waals surface area contributed by atoms with Crippen molar-refractivity contribution in [3.63, 3.8) is 0 Å². The van der Waals surface area contributed by atoms with Crippen molar-refractivity contribution in [1.29, 1.82) is 0 Å². The molecule has 0 spiro atoms. The molecule has 0 rings (SSSR count). The minimum atomic E-state index is -0.843. The minimum Gasteiger partial charge on any atom is -0.466 e. The molecule has 2 unspecified atom stereocenters. The standard InChI is InChI=1S/C72H141NO5/c1-3-5-7-9-11-13-15-17-18-19-20-21-29-32-35-38-41-44-48-52-56-60-64-70(75)69(68-74)73-71(76)65-61-57-53-49-45-42-39-36-33-30-27-25-23-22-24-26-28-31-34-37-40-43-47-51-55-59-63-67-78-72(77)66-62-58-54-50-46-16-14-12-10-8-6-4-2/h60,64,69-70,74-75H,3-59,61-63,65-68H2,1-2H3,(H,73,76)/b64-60+. The van der Waals surface area contributed by atoms with Crippen LogP contribution in [0.1, 0.15) is 412 Å². The second-order valence-electron chi connectivity index (χ2n) is 24.9. The quantitative estimate of drug-likeness (QED) is 0.0320. The van der Waals surface area contributed by atoms with Crippen LogP contribution in [0.2, 0.25) is 0 Å². The summed E-state index contributed by atoms with van der Waals surface area (Å²) in [6.07, 6.45) is 84.4. The lowest BCUT2D eigenvalue weighted by Gasteiger charge is -2.20. The molecule has 0 saturated carbocycles. The number of ether oxygens (including phenoxy) is 1. The van der Waals surface area contributed by atoms with Gasteiger partial charge in [-0.2, -0.15) is 0 Å². The summed E-state index contributed by atoms with van der Waals surface area (Å²) in [6, 6.07) is -0.626. The molecule has 0 saturated heterocycles. The van der Waals surface area contributed by atoms with Gasteiger partial charge in [-0.15, -0.1) is 0 Å². The number of amides is 1. The number of unbranched alkanes of at least 4 members (excludes halogenated alkanes) is 57. The van der Waals surface area contributed by atoms with Gasteiger partial charge in [-0.25, -0.2) is 0 Å². The van der Waals surface area contributed by atoms with Gasteiger partial charge in [0.2, 0.25) is 5.91 Å². The number of hydrogen-bond donors (Lipinski definition) is 3. The van der Waals surface area contributed by atoms with E-state index >= 15 is 0 Å². The number of hydrogen-bond acceptors (Lipinski definition) is 5. The van der Waals surface area contributed by atoms with Gasteiger partial charge >= 0.3 is 5.97 Å². The lowest BCUT2D eigenvalue weighted by atomic mass is 10.0. The first kappa shape index (κ1) is 76.6. The van der Waals surface area contributed by atoms with E-state index in [-0.39, 0.29) is 18.5 Å². The number of carbonyl (C=O) groups excluding carboxylic acids is 2. The van der Waals surface area contributed by atoms with Gasteiger partial charge in [-0.1, -0.05) is 379 Å². The average Bonchev–Trinajstić information content (AvgIpc) is 3.44. The van der Waals surface area contributed by atoms with E-state index in [4.69, 9.17) is 4.74 Å². The third-order valence-electron chi connectivity index (χ3n) is 17.1. The Morgan fingerprint density at radius 1 is 0.346 bits per heavy atom. The zero-order valence-electron chi connectivity index (χ0n) is 53.2. The van der Waals surface area contributed by atoms with Crippen molar-refractivity contribution in [2.45, 2.75) is 424 Å². The van der Waals surface area contributed by atoms with E-state index in [2.05, 4.69) is 19.2 Å². The van der Waals surface area contributed by atoms with Crippen LogP contribution in [0.25, 0.3) is 0 Å². The molecule has 0 bridgehead atoms. The summed E-state index contributed by atoms with van der Waals surface area (Å²) in [5.74, 6) is -0.0409. The summed E-state index contributed by atoms with van der Waals surface area (Å²) in [7, 11) is 0. The average molecular weight is 1100 g/mol. The maximum atomic E-state index is 12.5. The maximum absolute atomic E-state index is 12.5. The first-order chi connectivity index (χ1) is 38.5. The SMILES string of the molecule is CCCCCCCCCCCCCCCCCCCCCC/C=C/C(O)C(CO)NC(=O)CCCCCCCCCCCCCCCCCCCCCCCCCCCCCOC(=O)CCCCCCCCCCCCCC. The van der Waals surface area contributed by atoms with Crippen molar-refractivity contribution in [2.75, 3.05) is 13.2 Å². The van der Waals surface area contributed by atoms with Crippen LogP contribution in [-0.2, 0) is 14.3 Å². The largest absolute Gasteiger partial charge is 0.466 e. The predicted octanol–water partition coefficient (Wildman–Crippen LogP) is 23.1. The highest BCUT2D eigenvalue weighted by molar-refractivity contribution is 5.76. The lowest BCUT2D eigenvalue weighted by Crippen LogP contribution is -2.45. The fourth-order valence-corrected chi connectivity index (χ4v) is 11.6. The van der Waals surface area contributed by atoms with Crippen LogP contribution in [0.4, 0.5) is 0 Å². The first-order valence-corrected chi connectivity index (χ1v) is 36.0. The monoisotopic (exact) mass is 1100 g/mol. The minimum absolute atomic E-state index is 0.0194. The molecule has 0 aromatic heterocycles. The van der Waals surface area contributed by atoms with Crippen LogP contribution in [0.15, 0.2) is 12.2 Å². The van der Waals surface area contributed by atoms with Gasteiger partial charge in [-0.05, 0) is 32.1 Å². The van der Waals surface area contributed by atoms with Gasteiger partial charge in [0.05, 0.1) is 25.4 Å². The Labute approximate surface area is 489 Å². The molecule has 0 radical (unpaired) electrons. The van der Waals surface area contributed by atoms with E-state index < -0.39 is 12.1 Å². The molecule has 78 heavy (non-hydrogen) atoms. The number of nitrogens with one attached hydrogen (secondary N) is 1. The van der Waals surface area contributed by atoms with Crippen LogP contribution >= 0.6 is 0 Å². The molecule has 3 N–H and O–H groups in total. The second kappa shape index (κ2) is 68.1. The van der Waals surface area contributed by atoms with Crippen molar-refractivity contribution >= 4 is 11.9 Å². The van der Waals surface area contributed by atoms with E-state index in [0.717, 1.165) is 38.5 Å². The van der Waals surface area contributed by atoms with Crippen LogP contribution in [-0.4, -0.2) is 47.4 Å². The molecule has 464 valence electrons. The van der Waals surface area contributed by atoms with Crippen molar-refractivity contribution in [1.82, 2.24) is 5.32 Å². The molecule has 0 aromatic rings. The number of esters is 1. The molecule has 0 aliphatic rings. The summed E-state index contributed by atoms with van der Waals surface area (Å²) < 4.78 is 5.48. The zero-order chi connectivity index (χ0) is 56.4. The molecular weight excluding hydrogens is 959 g/mol. The fraction of sp³-hybridized carbons (Fsp3) is 0.944. The Morgan fingerprint density at radius 3 is 0.872 bits per heavy atom. The Kier molecular flexibility index (Phi) is 66.9. The van der Waals surface area contributed by atoms with Crippen molar-refractivity contribution < 1.29 is 24.5 Å². The van der Waals surface area contributed by atoms with Gasteiger partial charge in [-0.3, -0.25) is 9.59 Å². The molecule has 0 aromatic carbocycles. The number of aliphatic hydroxyl groups is 2. The molecule has 6 heteroatoms. The van der Waals surface area contributed by atoms with Gasteiger partial charge in [0.1, 0.15) is 0 Å². The Bertz CT molecular complexity index is 1180. The topological polar surface area (TPSA) is 95.9 Å². The van der Waals surface area contributed by atoms with E-state index in [9.17, 15) is 19.8 Å². The van der Waals surface area contributed by atoms with Crippen LogP contribution < -0.4 is 5.32 Å². The van der Waals surface area contributed by atoms with Gasteiger partial charge in [0, 0.05) is 12.8 Å². The second-order valence-corrected chi connectivity index (χ2v) is 24.9. The third kappa shape index (κ3) is 63.8. The number of carbonyl (C=O) groups is 2. The summed E-state index contributed by atoms with van der Waals surface area (Å²) in [6.45, 7) is 4.95. The van der Waals surface area contributed by atoms with Crippen LogP contribution in [0, 0.1) is 0 Å². The lowest BCUT2D eigenvalue weighted by molar-refractivity contribution is -0.143. The van der Waals surface area contributed by atoms with Crippen molar-refractivity contribution in [3.8, 4) is 0 Å². The van der Waals surface area contributed by atoms with Gasteiger partial charge in [0.25, 0.3) is 0 Å². The molecule has 2 atom stereocenters. The summed E-state index contributed by atoms with van der Waals surface area (Å²) in [5.41, 5.74) is 0. The van der Waals surface area contributed by atoms with E-state index in [1.165, 1.54) is 347 Å². The van der Waals surface area contributed by atoms with Crippen molar-refractivity contribution in [3.05, 3.63) is 12.2 Å². The van der Waals surface area contributed by atoms with Gasteiger partial charge in [0.15, 0.2) is 0 Å². The Balaban J connectivity index is 3.37. The highest BCUT2D eigenvalue weighted by Gasteiger charge is 2.18. The summed E-state index contributed by atoms with van der Waals surface area (Å²) >= 11 is 0. The normalized spacial score (nSPS) is 12.5. The molecule has 6 nitrogen and oxygen atoms in total. The van der Waals surface area contributed by atoms with Crippen LogP contribution in [0.5, 0.6) is 0 Å². The maximum Gasteiger partial charge on any atom is 0.305 e. The third-order valence-corrected chi connectivity index (χ3v) is 17.1. The molecule has 0 heterocycles. The Morgan fingerprint density at radius 2 is 0.590 bits per heavy atom. The smallest absolute Gasteiger partial charge is 0.305 e. The van der Waals surface area contributed by atoms with Crippen LogP contribution in [0.3, 0.4) is 0 Å². The summed E-state index contributed by atoms with van der Waals surface area (Å²) in [4.78, 5) is 24.6.